The molecule has 508 valence electrons. The number of benzene rings is 4. The van der Waals surface area contributed by atoms with Crippen molar-refractivity contribution < 1.29 is 46.9 Å². The Morgan fingerprint density at radius 3 is 1.84 bits per heavy atom. The third-order valence-corrected chi connectivity index (χ3v) is 19.0. The van der Waals surface area contributed by atoms with Crippen LogP contribution in [-0.2, 0) is 45.8 Å². The lowest BCUT2D eigenvalue weighted by molar-refractivity contribution is -0.159. The van der Waals surface area contributed by atoms with E-state index < -0.39 is 41.7 Å². The minimum atomic E-state index is -4.48. The standard InChI is InChI=1S/C23H18N2O2S2.C15H21NO2S.C13H22O4.C12H4Cl6F3N3.4CH4/c1-3-12-25-21(27)20(23-24(2)17-10-6-7-11-18(17)28-23)29-22(25)16-13-14-8-4-5-9-15(14)19(16)26;1-15(2,16-8-10-18-11-9-16)14(17)12-4-6-13(19-3)7-5-12;1-6-8-17-11(16)13(5,7-2)9-12(3,4)10(14)15;13-10(14,15)8-22-7(23-9(24-8)11(16,17)18)5-1-3-6(4-2-5)12(19,20)21;;;;/h3-11H,1,12-13H2,2H3;4-7H,8-11H2,1-3H3;6H,1,7-9H2,2-5H3,(H,14,15);1-4H;4*1H4/b22-16-,23-20+;;;;;;;. The lowest BCUT2D eigenvalue weighted by atomic mass is 9.72. The summed E-state index contributed by atoms with van der Waals surface area (Å²) in [7, 11) is 1.98. The summed E-state index contributed by atoms with van der Waals surface area (Å²) in [6.45, 7) is 21.7. The topological polar surface area (TPSA) is 174 Å². The minimum absolute atomic E-state index is 0. The molecule has 2 aromatic heterocycles. The van der Waals surface area contributed by atoms with E-state index >= 15 is 0 Å². The maximum Gasteiger partial charge on any atom is 0.416 e. The number of alkyl halides is 9. The van der Waals surface area contributed by atoms with Gasteiger partial charge in [0.25, 0.3) is 5.56 Å². The Morgan fingerprint density at radius 2 is 1.34 bits per heavy atom. The highest BCUT2D eigenvalue weighted by atomic mass is 35.6. The molecule has 6 aromatic rings. The van der Waals surface area contributed by atoms with Crippen LogP contribution in [0, 0.1) is 10.8 Å². The number of esters is 1. The second-order valence-corrected chi connectivity index (χ2v) is 29.2. The second-order valence-electron chi connectivity index (χ2n) is 21.8. The first-order chi connectivity index (χ1) is 41.6. The van der Waals surface area contributed by atoms with E-state index in [-0.39, 0.29) is 88.9 Å². The van der Waals surface area contributed by atoms with Crippen molar-refractivity contribution in [3.05, 3.63) is 176 Å². The van der Waals surface area contributed by atoms with Crippen LogP contribution in [0.1, 0.15) is 128 Å². The van der Waals surface area contributed by atoms with Gasteiger partial charge in [-0.2, -0.15) is 13.2 Å². The van der Waals surface area contributed by atoms with E-state index in [9.17, 15) is 37.1 Å². The molecule has 26 heteroatoms. The Kier molecular flexibility index (Phi) is 31.7. The number of para-hydroxylation sites is 1. The number of carboxylic acids is 1. The Labute approximate surface area is 586 Å². The number of morpholine rings is 1. The number of aromatic nitrogens is 4. The molecule has 3 aliphatic rings. The van der Waals surface area contributed by atoms with Crippen LogP contribution in [0.3, 0.4) is 0 Å². The van der Waals surface area contributed by atoms with Crippen molar-refractivity contribution in [3.63, 3.8) is 0 Å². The van der Waals surface area contributed by atoms with Crippen LogP contribution in [0.4, 0.5) is 18.9 Å². The maximum atomic E-state index is 13.3. The van der Waals surface area contributed by atoms with Crippen LogP contribution in [0.2, 0.25) is 0 Å². The molecule has 4 heterocycles. The highest BCUT2D eigenvalue weighted by molar-refractivity contribution is 8.08. The van der Waals surface area contributed by atoms with Gasteiger partial charge < -0.3 is 19.5 Å². The van der Waals surface area contributed by atoms with Crippen molar-refractivity contribution >= 4 is 144 Å². The van der Waals surface area contributed by atoms with E-state index in [1.54, 1.807) is 54.9 Å². The van der Waals surface area contributed by atoms with Crippen LogP contribution in [0.15, 0.2) is 137 Å². The fraction of sp³-hybridized carbons (Fsp3) is 0.403. The van der Waals surface area contributed by atoms with E-state index in [1.165, 1.54) is 22.3 Å². The summed E-state index contributed by atoms with van der Waals surface area (Å²) < 4.78 is 47.2. The maximum absolute atomic E-state index is 13.3. The summed E-state index contributed by atoms with van der Waals surface area (Å²) >= 11 is 39.1. The van der Waals surface area contributed by atoms with Gasteiger partial charge in [0, 0.05) is 65.2 Å². The van der Waals surface area contributed by atoms with Gasteiger partial charge in [-0.25, -0.2) is 15.0 Å². The number of carbonyl (C=O) groups excluding carboxylic acids is 3. The normalized spacial score (nSPS) is 15.5. The van der Waals surface area contributed by atoms with E-state index in [0.29, 0.717) is 42.7 Å². The molecule has 1 fully saturated rings. The van der Waals surface area contributed by atoms with Crippen LogP contribution in [0.25, 0.3) is 22.0 Å². The number of nitrogens with zero attached hydrogens (tertiary/aromatic N) is 6. The Balaban J connectivity index is 0.000000426. The van der Waals surface area contributed by atoms with Gasteiger partial charge in [0.2, 0.25) is 7.59 Å². The molecule has 0 radical (unpaired) electrons. The van der Waals surface area contributed by atoms with Gasteiger partial charge in [-0.3, -0.25) is 33.4 Å². The number of carboxylic acid groups (broad SMARTS) is 1. The van der Waals surface area contributed by atoms with Gasteiger partial charge in [-0.1, -0.05) is 197 Å². The molecule has 0 amide bonds. The van der Waals surface area contributed by atoms with E-state index in [0.717, 1.165) is 74.3 Å². The zero-order valence-corrected chi connectivity index (χ0v) is 56.8. The number of fused-ring (bicyclic) bond motifs is 2. The number of allylic oxidation sites excluding steroid dienone is 1. The first-order valence-electron chi connectivity index (χ1n) is 27.5. The lowest BCUT2D eigenvalue weighted by Crippen LogP contribution is -2.54. The van der Waals surface area contributed by atoms with E-state index in [2.05, 4.69) is 50.0 Å². The first-order valence-corrected chi connectivity index (χ1v) is 32.6. The molecule has 0 bridgehead atoms. The Hall–Kier alpha value is -5.23. The largest absolute Gasteiger partial charge is 0.481 e. The van der Waals surface area contributed by atoms with Crippen LogP contribution >= 0.6 is 104 Å². The van der Waals surface area contributed by atoms with Gasteiger partial charge in [0.15, 0.2) is 29.0 Å². The molecule has 1 N–H and O–H groups in total. The Morgan fingerprint density at radius 1 is 0.785 bits per heavy atom. The molecule has 1 atom stereocenters. The fourth-order valence-corrected chi connectivity index (χ4v) is 12.9. The third-order valence-electron chi connectivity index (χ3n) is 14.6. The van der Waals surface area contributed by atoms with Crippen LogP contribution < -0.4 is 19.7 Å². The number of hydrogen-bond donors (Lipinski definition) is 1. The van der Waals surface area contributed by atoms with Crippen molar-refractivity contribution in [2.45, 2.75) is 126 Å². The predicted octanol–water partition coefficient (Wildman–Crippen LogP) is 17.1. The molecule has 4 aromatic carbocycles. The molecule has 1 saturated heterocycles. The third kappa shape index (κ3) is 20.9. The van der Waals surface area contributed by atoms with Gasteiger partial charge in [0.05, 0.1) is 40.8 Å². The number of thioether (sulfide) groups is 2. The minimum Gasteiger partial charge on any atom is -0.481 e. The van der Waals surface area contributed by atoms with Crippen molar-refractivity contribution in [1.29, 1.82) is 0 Å². The molecule has 1 unspecified atom stereocenters. The summed E-state index contributed by atoms with van der Waals surface area (Å²) in [4.78, 5) is 80.2. The van der Waals surface area contributed by atoms with Crippen molar-refractivity contribution in [2.75, 3.05) is 51.1 Å². The zero-order chi connectivity index (χ0) is 66.0. The van der Waals surface area contributed by atoms with Gasteiger partial charge >= 0.3 is 18.1 Å². The summed E-state index contributed by atoms with van der Waals surface area (Å²) in [6, 6.07) is 27.6. The molecule has 1 aliphatic carbocycles. The predicted molar refractivity (Wildman–Crippen MR) is 380 cm³/mol. The average molecular weight is 1460 g/mol. The number of ether oxygens (including phenoxy) is 2. The Bertz CT molecular complexity index is 3740. The molecule has 2 aliphatic heterocycles. The number of rotatable bonds is 14. The number of carbonyl (C=O) groups is 4. The summed E-state index contributed by atoms with van der Waals surface area (Å²) in [5.74, 6) is -1.85. The zero-order valence-electron chi connectivity index (χ0n) is 49.8. The van der Waals surface area contributed by atoms with Crippen molar-refractivity contribution in [2.24, 2.45) is 10.8 Å². The SMILES string of the molecule is C.C.C.C.C=CCOC(=O)C(C)(CC)CC(C)(C)C(=O)O.C=CCn1c(=O)/c(=C2\Sc3ccccc3N2C)s/c1=C1/Cc2ccccc2C1=O.CSc1ccc(C(=O)C(C)(C)N2CCOCC2)cc1.FC(F)(F)c1ccc(-c2nc(C(Cl)(Cl)Cl)nc(C(Cl)(Cl)Cl)n2)cc1. The van der Waals surface area contributed by atoms with Crippen molar-refractivity contribution in [3.8, 4) is 11.4 Å². The molecule has 14 nitrogen and oxygen atoms in total. The number of Topliss-reactive ketones (excluding diaryl/α,β-unsaturated/α-hetero) is 2. The van der Waals surface area contributed by atoms with E-state index in [4.69, 9.17) is 84.2 Å². The molecule has 0 saturated carbocycles. The van der Waals surface area contributed by atoms with Gasteiger partial charge in [-0.15, -0.1) is 29.7 Å². The number of thiazole rings is 1. The monoisotopic (exact) mass is 1460 g/mol. The highest BCUT2D eigenvalue weighted by Gasteiger charge is 2.43. The molecular formula is C67H81Cl6F3N6O8S3. The number of anilines is 1. The lowest BCUT2D eigenvalue weighted by Gasteiger charge is -2.39. The van der Waals surface area contributed by atoms with Gasteiger partial charge in [-0.05, 0) is 95.7 Å². The quantitative estimate of drug-likeness (QED) is 0.0358. The molecule has 0 spiro atoms. The molecule has 93 heavy (non-hydrogen) atoms. The molecular weight excluding hydrogens is 1380 g/mol. The van der Waals surface area contributed by atoms with E-state index in [1.807, 2.05) is 94.7 Å². The fourth-order valence-electron chi connectivity index (χ4n) is 9.50. The van der Waals surface area contributed by atoms with Crippen LogP contribution in [-0.4, -0.2) is 105 Å². The summed E-state index contributed by atoms with van der Waals surface area (Å²) in [5.41, 5.74) is 1.43. The van der Waals surface area contributed by atoms with Crippen LogP contribution in [0.5, 0.6) is 0 Å². The van der Waals surface area contributed by atoms with Crippen molar-refractivity contribution in [1.82, 2.24) is 24.4 Å². The number of aliphatic carboxylic acids is 1. The molecule has 9 rings (SSSR count). The average Bonchev–Trinajstić information content (AvgIpc) is 1.64. The number of hydrogen-bond acceptors (Lipinski definition) is 15. The number of ketones is 2. The second kappa shape index (κ2) is 35.1. The van der Waals surface area contributed by atoms with Gasteiger partial charge in [0.1, 0.15) is 20.8 Å². The summed E-state index contributed by atoms with van der Waals surface area (Å²) in [5, 5.41) is 10.0. The smallest absolute Gasteiger partial charge is 0.416 e. The number of halogens is 9. The summed E-state index contributed by atoms with van der Waals surface area (Å²) in [6.07, 6.45) is 2.11. The first kappa shape index (κ1) is 83.9. The highest BCUT2D eigenvalue weighted by Crippen LogP contribution is 2.46.